The molecule has 0 radical (unpaired) electrons. The van der Waals surface area contributed by atoms with Gasteiger partial charge >= 0.3 is 0 Å². The van der Waals surface area contributed by atoms with Crippen molar-refractivity contribution in [3.8, 4) is 0 Å². The fraction of sp³-hybridized carbons (Fsp3) is 0.233. The van der Waals surface area contributed by atoms with Crippen LogP contribution in [-0.4, -0.2) is 52.4 Å². The third-order valence-electron chi connectivity index (χ3n) is 9.39. The monoisotopic (exact) mass is 705 g/mol. The Bertz CT molecular complexity index is 2030. The largest absolute Gasteiger partial charge is 0.342 e. The number of anilines is 2. The van der Waals surface area contributed by atoms with Gasteiger partial charge in [0.1, 0.15) is 11.4 Å². The number of pyridine rings is 2. The van der Waals surface area contributed by atoms with Crippen molar-refractivity contribution in [3.63, 3.8) is 0 Å². The molecule has 0 unspecified atom stereocenters. The van der Waals surface area contributed by atoms with E-state index in [0.29, 0.717) is 53.7 Å². The zero-order chi connectivity index (χ0) is 36.6. The summed E-state index contributed by atoms with van der Waals surface area (Å²) in [6.45, 7) is 6.24. The molecule has 2 aliphatic rings. The van der Waals surface area contributed by atoms with Crippen LogP contribution in [0, 0.1) is 0 Å². The third-order valence-corrected chi connectivity index (χ3v) is 9.39. The normalized spacial score (nSPS) is 14.6. The van der Waals surface area contributed by atoms with E-state index in [9.17, 15) is 9.59 Å². The van der Waals surface area contributed by atoms with Gasteiger partial charge in [0, 0.05) is 49.9 Å². The number of nitrogens with zero attached hydrogens (tertiary/aromatic N) is 4. The molecule has 2 aliphatic heterocycles. The van der Waals surface area contributed by atoms with Gasteiger partial charge in [0.05, 0.1) is 35.4 Å². The van der Waals surface area contributed by atoms with Crippen LogP contribution >= 0.6 is 0 Å². The quantitative estimate of drug-likeness (QED) is 0.0986. The Hall–Kier alpha value is -5.97. The molecule has 268 valence electrons. The summed E-state index contributed by atoms with van der Waals surface area (Å²) in [5.41, 5.74) is 6.45. The Morgan fingerprint density at radius 3 is 2.17 bits per heavy atom. The Morgan fingerprint density at radius 1 is 0.887 bits per heavy atom. The van der Waals surface area contributed by atoms with Crippen molar-refractivity contribution < 1.29 is 14.4 Å². The summed E-state index contributed by atoms with van der Waals surface area (Å²) in [5, 5.41) is 11.3. The Kier molecular flexibility index (Phi) is 10.8. The summed E-state index contributed by atoms with van der Waals surface area (Å²) in [6, 6.07) is 34.2. The number of aromatic nitrogens is 2. The number of aliphatic imine (C=N–C) groups is 1. The molecule has 0 fully saturated rings. The topological polar surface area (TPSA) is 121 Å². The number of amides is 2. The molecule has 2 amide bonds. The highest BCUT2D eigenvalue weighted by molar-refractivity contribution is 6.11. The summed E-state index contributed by atoms with van der Waals surface area (Å²) >= 11 is 0. The molecule has 10 nitrogen and oxygen atoms in total. The fourth-order valence-electron chi connectivity index (χ4n) is 6.91. The molecular weight excluding hydrogens is 663 g/mol. The lowest BCUT2D eigenvalue weighted by molar-refractivity contribution is -0.180. The zero-order valence-corrected chi connectivity index (χ0v) is 30.0. The maximum atomic E-state index is 14.2. The molecule has 3 N–H and O–H groups in total. The molecular formula is C43H43N7O3. The number of benzene rings is 3. The van der Waals surface area contributed by atoms with Gasteiger partial charge < -0.3 is 16.0 Å². The van der Waals surface area contributed by atoms with Gasteiger partial charge in [0.15, 0.2) is 0 Å². The van der Waals surface area contributed by atoms with Crippen LogP contribution < -0.4 is 16.0 Å². The number of nitrogens with one attached hydrogen (secondary N) is 3. The van der Waals surface area contributed by atoms with Crippen LogP contribution in [0.4, 0.5) is 11.4 Å². The van der Waals surface area contributed by atoms with E-state index in [4.69, 9.17) is 14.8 Å². The van der Waals surface area contributed by atoms with Crippen molar-refractivity contribution >= 4 is 35.1 Å². The molecule has 0 saturated carbocycles. The maximum Gasteiger partial charge on any atom is 0.273 e. The van der Waals surface area contributed by atoms with Gasteiger partial charge in [-0.1, -0.05) is 97.9 Å². The highest BCUT2D eigenvalue weighted by Crippen LogP contribution is 2.41. The minimum atomic E-state index is -0.996. The van der Waals surface area contributed by atoms with Crippen LogP contribution in [0.1, 0.15) is 70.7 Å². The molecule has 2 aromatic heterocycles. The van der Waals surface area contributed by atoms with Crippen molar-refractivity contribution in [3.05, 3.63) is 160 Å². The van der Waals surface area contributed by atoms with Gasteiger partial charge in [-0.3, -0.25) is 29.4 Å². The van der Waals surface area contributed by atoms with E-state index in [1.807, 2.05) is 74.5 Å². The average Bonchev–Trinajstić information content (AvgIpc) is 3.39. The highest BCUT2D eigenvalue weighted by atomic mass is 16.7. The van der Waals surface area contributed by atoms with Crippen molar-refractivity contribution in [1.82, 2.24) is 20.3 Å². The Labute approximate surface area is 310 Å². The van der Waals surface area contributed by atoms with E-state index in [0.717, 1.165) is 47.3 Å². The summed E-state index contributed by atoms with van der Waals surface area (Å²) in [4.78, 5) is 48.6. The molecule has 0 atom stereocenters. The Balaban J connectivity index is 1.35. The van der Waals surface area contributed by atoms with Crippen molar-refractivity contribution in [2.24, 2.45) is 4.99 Å². The molecule has 4 heterocycles. The number of rotatable bonds is 11. The van der Waals surface area contributed by atoms with Crippen LogP contribution in [0.25, 0.3) is 6.08 Å². The van der Waals surface area contributed by atoms with Crippen LogP contribution in [0.2, 0.25) is 0 Å². The first kappa shape index (κ1) is 35.4. The number of amidine groups is 1. The van der Waals surface area contributed by atoms with Gasteiger partial charge in [-0.15, -0.1) is 0 Å². The van der Waals surface area contributed by atoms with Crippen LogP contribution in [0.3, 0.4) is 0 Å². The molecule has 0 bridgehead atoms. The van der Waals surface area contributed by atoms with Gasteiger partial charge in [-0.25, -0.2) is 5.06 Å². The first-order valence-electron chi connectivity index (χ1n) is 18.2. The smallest absolute Gasteiger partial charge is 0.273 e. The predicted octanol–water partition coefficient (Wildman–Crippen LogP) is 7.15. The molecule has 0 aliphatic carbocycles. The zero-order valence-electron chi connectivity index (χ0n) is 30.0. The van der Waals surface area contributed by atoms with Gasteiger partial charge in [0.2, 0.25) is 0 Å². The highest BCUT2D eigenvalue weighted by Gasteiger charge is 2.37. The predicted molar refractivity (Wildman–Crippen MR) is 208 cm³/mol. The van der Waals surface area contributed by atoms with Crippen LogP contribution in [-0.2, 0) is 28.1 Å². The van der Waals surface area contributed by atoms with E-state index in [2.05, 4.69) is 57.3 Å². The lowest BCUT2D eigenvalue weighted by atomic mass is 9.77. The molecule has 3 aromatic carbocycles. The van der Waals surface area contributed by atoms with E-state index in [1.165, 1.54) is 11.3 Å². The van der Waals surface area contributed by atoms with Gasteiger partial charge in [-0.2, -0.15) is 0 Å². The van der Waals surface area contributed by atoms with Gasteiger partial charge in [-0.05, 0) is 53.8 Å². The number of hydroxylamine groups is 2. The van der Waals surface area contributed by atoms with E-state index in [-0.39, 0.29) is 18.2 Å². The summed E-state index contributed by atoms with van der Waals surface area (Å²) in [5.74, 6) is -0.0642. The SMILES string of the molecule is CCCN(OCC)C(=O)C1=Cc2ncc(C(=O)Nc3cnc4c(c3)CNCC4)cc2NC(=NC(c2ccccc2)(c2ccccc2)c2ccccc2)C1. The second-order valence-electron chi connectivity index (χ2n) is 13.0. The Morgan fingerprint density at radius 2 is 1.55 bits per heavy atom. The fourth-order valence-corrected chi connectivity index (χ4v) is 6.91. The van der Waals surface area contributed by atoms with E-state index < -0.39 is 5.54 Å². The number of hydrogen-bond donors (Lipinski definition) is 3. The first-order valence-corrected chi connectivity index (χ1v) is 18.2. The molecule has 10 heteroatoms. The lowest BCUT2D eigenvalue weighted by Crippen LogP contribution is -2.34. The first-order chi connectivity index (χ1) is 26.0. The summed E-state index contributed by atoms with van der Waals surface area (Å²) in [6.07, 6.45) is 6.73. The van der Waals surface area contributed by atoms with Gasteiger partial charge in [0.25, 0.3) is 11.8 Å². The number of carbonyl (C=O) groups is 2. The van der Waals surface area contributed by atoms with Crippen molar-refractivity contribution in [1.29, 1.82) is 0 Å². The number of hydrogen-bond acceptors (Lipinski definition) is 7. The van der Waals surface area contributed by atoms with E-state index in [1.54, 1.807) is 18.3 Å². The molecule has 5 aromatic rings. The minimum absolute atomic E-state index is 0.160. The van der Waals surface area contributed by atoms with Crippen LogP contribution in [0.15, 0.2) is 126 Å². The number of fused-ring (bicyclic) bond motifs is 2. The third kappa shape index (κ3) is 7.65. The standard InChI is InChI=1S/C43H43N7O3/c1-3-22-50(53-4-2)42(52)30-24-38-39(25-32(28-45-38)41(51)47-36-23-31-27-44-21-20-37(31)46-29-36)48-40(26-30)49-43(33-14-8-5-9-15-33,34-16-10-6-11-17-34)35-18-12-7-13-19-35/h5-19,23-25,28-29,44H,3-4,20-22,26-27H2,1-2H3,(H,47,51)(H,48,49). The van der Waals surface area contributed by atoms with Crippen molar-refractivity contribution in [2.75, 3.05) is 30.3 Å². The van der Waals surface area contributed by atoms with E-state index >= 15 is 0 Å². The summed E-state index contributed by atoms with van der Waals surface area (Å²) < 4.78 is 0. The lowest BCUT2D eigenvalue weighted by Gasteiger charge is -2.33. The maximum absolute atomic E-state index is 14.2. The molecule has 7 rings (SSSR count). The average molecular weight is 706 g/mol. The number of carbonyl (C=O) groups excluding carboxylic acids is 2. The molecule has 0 saturated heterocycles. The summed E-state index contributed by atoms with van der Waals surface area (Å²) in [7, 11) is 0. The van der Waals surface area contributed by atoms with Crippen molar-refractivity contribution in [2.45, 2.75) is 45.2 Å². The second kappa shape index (κ2) is 16.1. The van der Waals surface area contributed by atoms with Crippen LogP contribution in [0.5, 0.6) is 0 Å². The minimum Gasteiger partial charge on any atom is -0.342 e. The molecule has 0 spiro atoms. The second-order valence-corrected chi connectivity index (χ2v) is 13.0. The molecule has 53 heavy (non-hydrogen) atoms.